The topological polar surface area (TPSA) is 174 Å². The Morgan fingerprint density at radius 3 is 2.26 bits per heavy atom. The quantitative estimate of drug-likeness (QED) is 0.204. The average molecular weight is 511 g/mol. The number of methoxy groups -OCH3 is 1. The maximum atomic E-state index is 12.8. The smallest absolute Gasteiger partial charge is 0.336 e. The Balaban J connectivity index is 0.000000658. The van der Waals surface area contributed by atoms with Gasteiger partial charge < -0.3 is 35.5 Å². The fraction of sp³-hybridized carbons (Fsp3) is 0.304. The highest BCUT2D eigenvalue weighted by Crippen LogP contribution is 2.40. The van der Waals surface area contributed by atoms with Crippen LogP contribution < -0.4 is 11.1 Å². The lowest BCUT2D eigenvalue weighted by molar-refractivity contribution is -0.139. The van der Waals surface area contributed by atoms with Gasteiger partial charge in [0.1, 0.15) is 0 Å². The van der Waals surface area contributed by atoms with Gasteiger partial charge in [-0.1, -0.05) is 29.8 Å². The molecule has 0 aliphatic carbocycles. The third kappa shape index (κ3) is 9.24. The molecule has 190 valence electrons. The van der Waals surface area contributed by atoms with Crippen molar-refractivity contribution in [1.82, 2.24) is 5.32 Å². The average Bonchev–Trinajstić information content (AvgIpc) is 2.83. The Morgan fingerprint density at radius 2 is 1.74 bits per heavy atom. The number of dihydropyridines is 1. The number of aliphatic carboxylic acids is 2. The summed E-state index contributed by atoms with van der Waals surface area (Å²) in [5.41, 5.74) is 7.04. The van der Waals surface area contributed by atoms with Gasteiger partial charge in [-0.2, -0.15) is 0 Å². The Hall–Kier alpha value is -3.67. The van der Waals surface area contributed by atoms with Gasteiger partial charge in [0.2, 0.25) is 0 Å². The van der Waals surface area contributed by atoms with Gasteiger partial charge in [0, 0.05) is 29.9 Å². The van der Waals surface area contributed by atoms with E-state index in [-0.39, 0.29) is 24.4 Å². The lowest BCUT2D eigenvalue weighted by Crippen LogP contribution is -2.32. The number of hydrogen-bond donors (Lipinski definition) is 4. The molecular weight excluding hydrogens is 484 g/mol. The zero-order valence-electron chi connectivity index (χ0n) is 19.2. The molecule has 0 bridgehead atoms. The van der Waals surface area contributed by atoms with E-state index in [9.17, 15) is 19.2 Å². The summed E-state index contributed by atoms with van der Waals surface area (Å²) in [5, 5.41) is 19.0. The fourth-order valence-corrected chi connectivity index (χ4v) is 3.20. The van der Waals surface area contributed by atoms with E-state index < -0.39 is 29.8 Å². The van der Waals surface area contributed by atoms with E-state index in [0.717, 1.165) is 0 Å². The lowest BCUT2D eigenvalue weighted by Gasteiger charge is -2.29. The number of ether oxygens (including phenoxy) is 3. The van der Waals surface area contributed by atoms with Gasteiger partial charge in [0.15, 0.2) is 0 Å². The first-order valence-corrected chi connectivity index (χ1v) is 10.7. The SMILES string of the molecule is CCOC(=O)C1=C(COCCN)NC=C(C(=O)OC)[C@@H]1c1ccccc1Cl.O=C(O)/C=C\C(=O)O. The van der Waals surface area contributed by atoms with Gasteiger partial charge in [-0.05, 0) is 18.6 Å². The number of hydrogen-bond acceptors (Lipinski definition) is 9. The van der Waals surface area contributed by atoms with Gasteiger partial charge in [0.05, 0.1) is 49.7 Å². The second kappa shape index (κ2) is 15.3. The zero-order chi connectivity index (χ0) is 26.4. The van der Waals surface area contributed by atoms with Gasteiger partial charge in [0.25, 0.3) is 0 Å². The number of esters is 2. The number of carboxylic acids is 2. The molecule has 5 N–H and O–H groups in total. The monoisotopic (exact) mass is 510 g/mol. The largest absolute Gasteiger partial charge is 0.478 e. The molecule has 0 saturated carbocycles. The number of nitrogens with two attached hydrogens (primary N) is 1. The number of halogens is 1. The Morgan fingerprint density at radius 1 is 1.11 bits per heavy atom. The van der Waals surface area contributed by atoms with Crippen molar-refractivity contribution in [2.24, 2.45) is 5.73 Å². The van der Waals surface area contributed by atoms with Gasteiger partial charge in [-0.3, -0.25) is 0 Å². The van der Waals surface area contributed by atoms with Crippen molar-refractivity contribution in [3.05, 3.63) is 70.0 Å². The maximum Gasteiger partial charge on any atom is 0.336 e. The van der Waals surface area contributed by atoms with Crippen LogP contribution in [0.2, 0.25) is 5.02 Å². The molecule has 0 saturated heterocycles. The van der Waals surface area contributed by atoms with E-state index in [1.165, 1.54) is 13.3 Å². The van der Waals surface area contributed by atoms with E-state index >= 15 is 0 Å². The molecular formula is C23H27ClN2O9. The predicted molar refractivity (Wildman–Crippen MR) is 125 cm³/mol. The predicted octanol–water partition coefficient (Wildman–Crippen LogP) is 1.59. The fourth-order valence-electron chi connectivity index (χ4n) is 2.95. The summed E-state index contributed by atoms with van der Waals surface area (Å²) < 4.78 is 15.6. The van der Waals surface area contributed by atoms with E-state index in [2.05, 4.69) is 5.32 Å². The molecule has 35 heavy (non-hydrogen) atoms. The first kappa shape index (κ1) is 29.4. The molecule has 0 radical (unpaired) electrons. The second-order valence-corrected chi connectivity index (χ2v) is 7.06. The molecule has 1 aliphatic heterocycles. The van der Waals surface area contributed by atoms with Crippen LogP contribution in [-0.2, 0) is 33.4 Å². The number of carbonyl (C=O) groups is 4. The van der Waals surface area contributed by atoms with E-state index in [1.54, 1.807) is 31.2 Å². The van der Waals surface area contributed by atoms with Gasteiger partial charge in [-0.15, -0.1) is 0 Å². The summed E-state index contributed by atoms with van der Waals surface area (Å²) >= 11 is 6.37. The van der Waals surface area contributed by atoms with E-state index in [1.807, 2.05) is 0 Å². The molecule has 1 heterocycles. The van der Waals surface area contributed by atoms with Crippen molar-refractivity contribution in [2.45, 2.75) is 12.8 Å². The highest BCUT2D eigenvalue weighted by Gasteiger charge is 2.37. The Bertz CT molecular complexity index is 1000. The summed E-state index contributed by atoms with van der Waals surface area (Å²) in [6.07, 6.45) is 2.62. The van der Waals surface area contributed by atoms with Crippen molar-refractivity contribution in [3.8, 4) is 0 Å². The molecule has 11 nitrogen and oxygen atoms in total. The minimum absolute atomic E-state index is 0.108. The Labute approximate surface area is 206 Å². The zero-order valence-corrected chi connectivity index (χ0v) is 19.9. The van der Waals surface area contributed by atoms with Gasteiger partial charge in [-0.25, -0.2) is 19.2 Å². The standard InChI is InChI=1S/C19H23ClN2O5.C4H4O4/c1-3-27-19(24)17-15(11-26-9-8-21)22-10-13(18(23)25-2)16(17)12-6-4-5-7-14(12)20;5-3(6)1-2-4(7)8/h4-7,10,16,22H,3,8-9,11,21H2,1-2H3;1-2H,(H,5,6)(H,7,8)/b;2-1-/t16-;/m0./s1. The van der Waals surface area contributed by atoms with Crippen molar-refractivity contribution < 1.29 is 43.6 Å². The second-order valence-electron chi connectivity index (χ2n) is 6.65. The molecule has 1 aromatic carbocycles. The van der Waals surface area contributed by atoms with E-state index in [0.29, 0.717) is 41.6 Å². The molecule has 1 atom stereocenters. The molecule has 2 rings (SSSR count). The van der Waals surface area contributed by atoms with Crippen molar-refractivity contribution >= 4 is 35.5 Å². The summed E-state index contributed by atoms with van der Waals surface area (Å²) in [6.45, 7) is 2.68. The summed E-state index contributed by atoms with van der Waals surface area (Å²) in [5.74, 6) is -4.39. The highest BCUT2D eigenvalue weighted by atomic mass is 35.5. The van der Waals surface area contributed by atoms with E-state index in [4.69, 9.17) is 41.8 Å². The molecule has 0 unspecified atom stereocenters. The lowest BCUT2D eigenvalue weighted by atomic mass is 9.82. The molecule has 0 amide bonds. The molecule has 1 aliphatic rings. The third-order valence-corrected chi connectivity index (χ3v) is 4.68. The van der Waals surface area contributed by atoms with Crippen LogP contribution in [0.15, 0.2) is 59.5 Å². The summed E-state index contributed by atoms with van der Waals surface area (Å²) in [6, 6.07) is 7.01. The molecule has 12 heteroatoms. The molecule has 0 spiro atoms. The third-order valence-electron chi connectivity index (χ3n) is 4.34. The van der Waals surface area contributed by atoms with Crippen LogP contribution in [0.3, 0.4) is 0 Å². The minimum Gasteiger partial charge on any atom is -0.478 e. The number of rotatable bonds is 10. The number of carbonyl (C=O) groups excluding carboxylic acids is 2. The maximum absolute atomic E-state index is 12.8. The van der Waals surface area contributed by atoms with Crippen LogP contribution in [0.4, 0.5) is 0 Å². The van der Waals surface area contributed by atoms with Crippen LogP contribution >= 0.6 is 11.6 Å². The molecule has 1 aromatic rings. The minimum atomic E-state index is -1.26. The number of nitrogens with one attached hydrogen (secondary N) is 1. The summed E-state index contributed by atoms with van der Waals surface area (Å²) in [4.78, 5) is 44.2. The summed E-state index contributed by atoms with van der Waals surface area (Å²) in [7, 11) is 1.28. The van der Waals surface area contributed by atoms with Crippen molar-refractivity contribution in [3.63, 3.8) is 0 Å². The number of benzene rings is 1. The van der Waals surface area contributed by atoms with Crippen LogP contribution in [0.1, 0.15) is 18.4 Å². The van der Waals surface area contributed by atoms with Crippen molar-refractivity contribution in [1.29, 1.82) is 0 Å². The Kier molecular flexibility index (Phi) is 12.8. The first-order valence-electron chi connectivity index (χ1n) is 10.3. The first-order chi connectivity index (χ1) is 16.7. The normalized spacial score (nSPS) is 14.9. The number of carboxylic acid groups (broad SMARTS) is 2. The van der Waals surface area contributed by atoms with Crippen molar-refractivity contribution in [2.75, 3.05) is 33.5 Å². The van der Waals surface area contributed by atoms with Gasteiger partial charge >= 0.3 is 23.9 Å². The van der Waals surface area contributed by atoms with Crippen LogP contribution in [0.5, 0.6) is 0 Å². The van der Waals surface area contributed by atoms with Crippen LogP contribution in [0, 0.1) is 0 Å². The molecule has 0 fully saturated rings. The molecule has 0 aromatic heterocycles. The van der Waals surface area contributed by atoms with Crippen LogP contribution in [-0.4, -0.2) is 67.6 Å². The highest BCUT2D eigenvalue weighted by molar-refractivity contribution is 6.31. The van der Waals surface area contributed by atoms with Crippen LogP contribution in [0.25, 0.3) is 0 Å².